The summed E-state index contributed by atoms with van der Waals surface area (Å²) in [4.78, 5) is 47.8. The van der Waals surface area contributed by atoms with Gasteiger partial charge in [-0.05, 0) is 19.3 Å². The van der Waals surface area contributed by atoms with E-state index in [4.69, 9.17) is 5.11 Å². The van der Waals surface area contributed by atoms with Gasteiger partial charge in [-0.25, -0.2) is 9.59 Å². The Labute approximate surface area is 109 Å². The summed E-state index contributed by atoms with van der Waals surface area (Å²) < 4.78 is 0. The van der Waals surface area contributed by atoms with Gasteiger partial charge in [-0.2, -0.15) is 0 Å². The van der Waals surface area contributed by atoms with E-state index in [2.05, 4.69) is 5.32 Å². The predicted molar refractivity (Wildman–Crippen MR) is 62.1 cm³/mol. The Morgan fingerprint density at radius 1 is 1.32 bits per heavy atom. The van der Waals surface area contributed by atoms with Crippen LogP contribution >= 0.6 is 0 Å². The summed E-state index contributed by atoms with van der Waals surface area (Å²) in [6, 6.07) is -1.44. The summed E-state index contributed by atoms with van der Waals surface area (Å²) in [5.74, 6) is -1.92. The van der Waals surface area contributed by atoms with Gasteiger partial charge in [0.25, 0.3) is 0 Å². The number of nitrogens with one attached hydrogen (secondary N) is 1. The zero-order valence-electron chi connectivity index (χ0n) is 10.3. The minimum atomic E-state index is -1.03. The van der Waals surface area contributed by atoms with Gasteiger partial charge in [0.05, 0.1) is 0 Å². The van der Waals surface area contributed by atoms with Crippen LogP contribution in [-0.2, 0) is 14.4 Å². The van der Waals surface area contributed by atoms with Crippen molar-refractivity contribution in [3.63, 3.8) is 0 Å². The lowest BCUT2D eigenvalue weighted by Crippen LogP contribution is -2.51. The average Bonchev–Trinajstić information content (AvgIpc) is 2.67. The number of imide groups is 1. The Kier molecular flexibility index (Phi) is 3.68. The zero-order valence-corrected chi connectivity index (χ0v) is 10.3. The highest BCUT2D eigenvalue weighted by Gasteiger charge is 2.35. The van der Waals surface area contributed by atoms with Crippen molar-refractivity contribution < 1.29 is 24.3 Å². The Balaban J connectivity index is 2.00. The molecule has 2 fully saturated rings. The lowest BCUT2D eigenvalue weighted by atomic mass is 10.0. The summed E-state index contributed by atoms with van der Waals surface area (Å²) in [5.41, 5.74) is 0. The predicted octanol–water partition coefficient (Wildman–Crippen LogP) is -0.996. The zero-order chi connectivity index (χ0) is 14.0. The largest absolute Gasteiger partial charge is 0.480 e. The van der Waals surface area contributed by atoms with Crippen LogP contribution in [-0.4, -0.2) is 64.4 Å². The van der Waals surface area contributed by atoms with E-state index in [0.717, 1.165) is 17.7 Å². The molecule has 4 amide bonds. The Morgan fingerprint density at radius 3 is 2.63 bits per heavy atom. The first-order valence-corrected chi connectivity index (χ1v) is 6.10. The smallest absolute Gasteiger partial charge is 0.326 e. The molecule has 1 atom stereocenters. The van der Waals surface area contributed by atoms with E-state index in [1.54, 1.807) is 0 Å². The molecular formula is C11H15N3O5. The number of nitrogens with zero attached hydrogens (tertiary/aromatic N) is 2. The lowest BCUT2D eigenvalue weighted by molar-refractivity contribution is -0.152. The van der Waals surface area contributed by atoms with Crippen LogP contribution in [0.5, 0.6) is 0 Å². The average molecular weight is 269 g/mol. The molecule has 2 rings (SSSR count). The lowest BCUT2D eigenvalue weighted by Gasteiger charge is -2.33. The van der Waals surface area contributed by atoms with Gasteiger partial charge in [-0.15, -0.1) is 0 Å². The van der Waals surface area contributed by atoms with E-state index in [9.17, 15) is 19.2 Å². The van der Waals surface area contributed by atoms with Gasteiger partial charge in [-0.3, -0.25) is 14.9 Å². The molecule has 2 saturated heterocycles. The van der Waals surface area contributed by atoms with Crippen molar-refractivity contribution in [2.45, 2.75) is 25.3 Å². The molecule has 19 heavy (non-hydrogen) atoms. The monoisotopic (exact) mass is 269 g/mol. The molecule has 0 aromatic carbocycles. The van der Waals surface area contributed by atoms with Gasteiger partial charge in [0, 0.05) is 6.54 Å². The number of amides is 4. The number of hydrogen-bond acceptors (Lipinski definition) is 4. The van der Waals surface area contributed by atoms with E-state index >= 15 is 0 Å². The quantitative estimate of drug-likeness (QED) is 0.639. The van der Waals surface area contributed by atoms with Gasteiger partial charge in [0.1, 0.15) is 19.1 Å². The molecule has 0 radical (unpaired) electrons. The molecule has 0 bridgehead atoms. The van der Waals surface area contributed by atoms with Crippen LogP contribution in [0.2, 0.25) is 0 Å². The maximum absolute atomic E-state index is 12.1. The maximum Gasteiger partial charge on any atom is 0.326 e. The van der Waals surface area contributed by atoms with Gasteiger partial charge < -0.3 is 14.9 Å². The van der Waals surface area contributed by atoms with Gasteiger partial charge >= 0.3 is 12.0 Å². The van der Waals surface area contributed by atoms with E-state index in [-0.39, 0.29) is 13.1 Å². The Bertz CT molecular complexity index is 436. The highest BCUT2D eigenvalue weighted by Crippen LogP contribution is 2.17. The van der Waals surface area contributed by atoms with Crippen LogP contribution in [0.3, 0.4) is 0 Å². The van der Waals surface area contributed by atoms with Crippen LogP contribution in [0.4, 0.5) is 4.79 Å². The molecule has 2 heterocycles. The summed E-state index contributed by atoms with van der Waals surface area (Å²) in [5, 5.41) is 11.1. The highest BCUT2D eigenvalue weighted by molar-refractivity contribution is 6.03. The molecule has 0 saturated carbocycles. The summed E-state index contributed by atoms with van der Waals surface area (Å²) in [7, 11) is 0. The molecule has 8 nitrogen and oxygen atoms in total. The van der Waals surface area contributed by atoms with Gasteiger partial charge in [-0.1, -0.05) is 0 Å². The molecular weight excluding hydrogens is 254 g/mol. The van der Waals surface area contributed by atoms with E-state index in [1.807, 2.05) is 0 Å². The van der Waals surface area contributed by atoms with Crippen LogP contribution in [0.25, 0.3) is 0 Å². The van der Waals surface area contributed by atoms with Crippen molar-refractivity contribution in [3.05, 3.63) is 0 Å². The van der Waals surface area contributed by atoms with Gasteiger partial charge in [0.2, 0.25) is 11.8 Å². The van der Waals surface area contributed by atoms with E-state index < -0.39 is 29.9 Å². The molecule has 0 aliphatic carbocycles. The van der Waals surface area contributed by atoms with Crippen molar-refractivity contribution in [2.24, 2.45) is 0 Å². The molecule has 2 N–H and O–H groups in total. The van der Waals surface area contributed by atoms with Crippen LogP contribution in [0, 0.1) is 0 Å². The first-order chi connectivity index (χ1) is 8.99. The maximum atomic E-state index is 12.1. The first kappa shape index (κ1) is 13.3. The van der Waals surface area contributed by atoms with Crippen LogP contribution in [0.1, 0.15) is 19.3 Å². The second kappa shape index (κ2) is 5.25. The minimum absolute atomic E-state index is 0.157. The Hall–Kier alpha value is -2.12. The molecule has 2 aliphatic heterocycles. The topological polar surface area (TPSA) is 107 Å². The summed E-state index contributed by atoms with van der Waals surface area (Å²) in [6.45, 7) is -0.0449. The summed E-state index contributed by atoms with van der Waals surface area (Å²) >= 11 is 0. The van der Waals surface area contributed by atoms with Gasteiger partial charge in [0.15, 0.2) is 0 Å². The number of carbonyl (C=O) groups excluding carboxylic acids is 3. The van der Waals surface area contributed by atoms with Crippen molar-refractivity contribution >= 4 is 23.8 Å². The summed E-state index contributed by atoms with van der Waals surface area (Å²) in [6.07, 6.45) is 1.94. The number of likely N-dealkylation sites (tertiary alicyclic amines) is 1. The SMILES string of the molecule is O=C1CN(CC(=O)N2CCCCC2C(=O)O)C(=O)N1. The third kappa shape index (κ3) is 2.83. The van der Waals surface area contributed by atoms with Crippen LogP contribution in [0.15, 0.2) is 0 Å². The third-order valence-corrected chi connectivity index (χ3v) is 3.30. The number of carboxylic acids is 1. The van der Waals surface area contributed by atoms with Crippen molar-refractivity contribution in [1.29, 1.82) is 0 Å². The number of aliphatic carboxylic acids is 1. The Morgan fingerprint density at radius 2 is 2.05 bits per heavy atom. The molecule has 0 spiro atoms. The number of urea groups is 1. The molecule has 8 heteroatoms. The second-order valence-electron chi connectivity index (χ2n) is 4.65. The number of carboxylic acid groups (broad SMARTS) is 1. The number of piperidine rings is 1. The molecule has 1 unspecified atom stereocenters. The van der Waals surface area contributed by atoms with Crippen LogP contribution < -0.4 is 5.32 Å². The van der Waals surface area contributed by atoms with E-state index in [0.29, 0.717) is 13.0 Å². The van der Waals surface area contributed by atoms with Crippen molar-refractivity contribution in [1.82, 2.24) is 15.1 Å². The normalized spacial score (nSPS) is 23.5. The second-order valence-corrected chi connectivity index (χ2v) is 4.65. The fourth-order valence-electron chi connectivity index (χ4n) is 2.35. The minimum Gasteiger partial charge on any atom is -0.480 e. The molecule has 104 valence electrons. The molecule has 0 aromatic heterocycles. The number of rotatable bonds is 3. The fourth-order valence-corrected chi connectivity index (χ4v) is 2.35. The molecule has 0 aromatic rings. The third-order valence-electron chi connectivity index (χ3n) is 3.30. The standard InChI is InChI=1S/C11H15N3O5/c15-8-5-13(11(19)12-8)6-9(16)14-4-2-1-3-7(14)10(17)18/h7H,1-6H2,(H,17,18)(H,12,15,19). The fraction of sp³-hybridized carbons (Fsp3) is 0.636. The number of hydrogen-bond donors (Lipinski definition) is 2. The first-order valence-electron chi connectivity index (χ1n) is 6.10. The van der Waals surface area contributed by atoms with E-state index in [1.165, 1.54) is 4.90 Å². The molecule has 2 aliphatic rings. The highest BCUT2D eigenvalue weighted by atomic mass is 16.4. The van der Waals surface area contributed by atoms with Crippen molar-refractivity contribution in [2.75, 3.05) is 19.6 Å². The number of carbonyl (C=O) groups is 4. The van der Waals surface area contributed by atoms with Crippen molar-refractivity contribution in [3.8, 4) is 0 Å².